The standard InChI is InChI=1S/C18H18ClNO4/c1-11-5-4-6-14(9-11)24-12(2)17(21)20-16-10-13(18(22)23-3)7-8-15(16)19/h4-10,12H,1-3H3,(H,20,21)/t12-/m1/s1. The van der Waals surface area contributed by atoms with Crippen molar-refractivity contribution in [3.8, 4) is 5.75 Å². The van der Waals surface area contributed by atoms with Crippen molar-refractivity contribution >= 4 is 29.2 Å². The number of methoxy groups -OCH3 is 1. The van der Waals surface area contributed by atoms with Crippen LogP contribution in [0.1, 0.15) is 22.8 Å². The number of carbonyl (C=O) groups excluding carboxylic acids is 2. The van der Waals surface area contributed by atoms with Gasteiger partial charge in [-0.2, -0.15) is 0 Å². The quantitative estimate of drug-likeness (QED) is 0.834. The smallest absolute Gasteiger partial charge is 0.337 e. The first-order chi connectivity index (χ1) is 11.4. The third-order valence-corrected chi connectivity index (χ3v) is 3.65. The third-order valence-electron chi connectivity index (χ3n) is 3.32. The molecule has 0 spiro atoms. The molecule has 1 amide bonds. The normalized spacial score (nSPS) is 11.5. The Hall–Kier alpha value is -2.53. The first kappa shape index (κ1) is 17.8. The van der Waals surface area contributed by atoms with Gasteiger partial charge >= 0.3 is 5.97 Å². The monoisotopic (exact) mass is 347 g/mol. The number of esters is 1. The van der Waals surface area contributed by atoms with Crippen LogP contribution in [-0.2, 0) is 9.53 Å². The van der Waals surface area contributed by atoms with Crippen LogP contribution in [0, 0.1) is 6.92 Å². The van der Waals surface area contributed by atoms with E-state index in [1.165, 1.54) is 25.3 Å². The maximum atomic E-state index is 12.3. The summed E-state index contributed by atoms with van der Waals surface area (Å²) in [6.45, 7) is 3.57. The maximum Gasteiger partial charge on any atom is 0.337 e. The van der Waals surface area contributed by atoms with E-state index in [1.54, 1.807) is 13.0 Å². The lowest BCUT2D eigenvalue weighted by Crippen LogP contribution is -2.30. The van der Waals surface area contributed by atoms with Crippen LogP contribution in [0.5, 0.6) is 5.75 Å². The summed E-state index contributed by atoms with van der Waals surface area (Å²) in [5, 5.41) is 2.98. The highest BCUT2D eigenvalue weighted by Crippen LogP contribution is 2.24. The molecule has 5 nitrogen and oxygen atoms in total. The molecular weight excluding hydrogens is 330 g/mol. The summed E-state index contributed by atoms with van der Waals surface area (Å²) >= 11 is 6.07. The Morgan fingerprint density at radius 1 is 1.17 bits per heavy atom. The number of carbonyl (C=O) groups is 2. The van der Waals surface area contributed by atoms with Gasteiger partial charge in [-0.05, 0) is 49.7 Å². The van der Waals surface area contributed by atoms with E-state index < -0.39 is 12.1 Å². The van der Waals surface area contributed by atoms with E-state index in [1.807, 2.05) is 25.1 Å². The van der Waals surface area contributed by atoms with Crippen molar-refractivity contribution in [2.45, 2.75) is 20.0 Å². The molecule has 0 radical (unpaired) electrons. The van der Waals surface area contributed by atoms with Crippen molar-refractivity contribution in [3.63, 3.8) is 0 Å². The Labute approximate surface area is 145 Å². The summed E-state index contributed by atoms with van der Waals surface area (Å²) in [7, 11) is 1.28. The van der Waals surface area contributed by atoms with E-state index in [2.05, 4.69) is 10.1 Å². The largest absolute Gasteiger partial charge is 0.481 e. The van der Waals surface area contributed by atoms with Crippen LogP contribution in [0.25, 0.3) is 0 Å². The van der Waals surface area contributed by atoms with Crippen LogP contribution >= 0.6 is 11.6 Å². The van der Waals surface area contributed by atoms with Gasteiger partial charge in [-0.1, -0.05) is 23.7 Å². The summed E-state index contributed by atoms with van der Waals surface area (Å²) in [6, 6.07) is 11.9. The summed E-state index contributed by atoms with van der Waals surface area (Å²) < 4.78 is 10.3. The van der Waals surface area contributed by atoms with Crippen LogP contribution in [0.3, 0.4) is 0 Å². The molecule has 0 bridgehead atoms. The summed E-state index contributed by atoms with van der Waals surface area (Å²) in [5.74, 6) is -0.279. The van der Waals surface area contributed by atoms with Crippen molar-refractivity contribution in [2.75, 3.05) is 12.4 Å². The molecule has 1 atom stereocenters. The van der Waals surface area contributed by atoms with Gasteiger partial charge in [0.2, 0.25) is 0 Å². The Bertz CT molecular complexity index is 760. The van der Waals surface area contributed by atoms with Crippen molar-refractivity contribution < 1.29 is 19.1 Å². The fourth-order valence-corrected chi connectivity index (χ4v) is 2.21. The first-order valence-electron chi connectivity index (χ1n) is 7.32. The number of aryl methyl sites for hydroxylation is 1. The SMILES string of the molecule is COC(=O)c1ccc(Cl)c(NC(=O)[C@@H](C)Oc2cccc(C)c2)c1. The van der Waals surface area contributed by atoms with Gasteiger partial charge in [0, 0.05) is 0 Å². The van der Waals surface area contributed by atoms with Crippen LogP contribution in [-0.4, -0.2) is 25.1 Å². The lowest BCUT2D eigenvalue weighted by Gasteiger charge is -2.16. The number of amides is 1. The molecule has 6 heteroatoms. The Kier molecular flexibility index (Phi) is 5.82. The molecule has 1 N–H and O–H groups in total. The Morgan fingerprint density at radius 3 is 2.58 bits per heavy atom. The van der Waals surface area contributed by atoms with E-state index in [4.69, 9.17) is 16.3 Å². The molecule has 0 heterocycles. The fourth-order valence-electron chi connectivity index (χ4n) is 2.05. The predicted molar refractivity (Wildman–Crippen MR) is 92.7 cm³/mol. The maximum absolute atomic E-state index is 12.3. The second-order valence-electron chi connectivity index (χ2n) is 5.25. The molecule has 0 aliphatic heterocycles. The lowest BCUT2D eigenvalue weighted by atomic mass is 10.2. The van der Waals surface area contributed by atoms with Gasteiger partial charge in [0.15, 0.2) is 6.10 Å². The van der Waals surface area contributed by atoms with Gasteiger partial charge in [-0.3, -0.25) is 4.79 Å². The average molecular weight is 348 g/mol. The molecule has 24 heavy (non-hydrogen) atoms. The highest BCUT2D eigenvalue weighted by atomic mass is 35.5. The highest BCUT2D eigenvalue weighted by molar-refractivity contribution is 6.33. The van der Waals surface area contributed by atoms with Gasteiger partial charge < -0.3 is 14.8 Å². The Morgan fingerprint density at radius 2 is 1.92 bits per heavy atom. The van der Waals surface area contributed by atoms with E-state index in [0.717, 1.165) is 5.56 Å². The zero-order valence-corrected chi connectivity index (χ0v) is 14.4. The first-order valence-corrected chi connectivity index (χ1v) is 7.70. The van der Waals surface area contributed by atoms with Crippen LogP contribution in [0.4, 0.5) is 5.69 Å². The molecule has 0 aliphatic rings. The number of benzene rings is 2. The van der Waals surface area contributed by atoms with Crippen LogP contribution in [0.15, 0.2) is 42.5 Å². The zero-order valence-electron chi connectivity index (χ0n) is 13.6. The van der Waals surface area contributed by atoms with Gasteiger partial charge in [-0.25, -0.2) is 4.79 Å². The molecule has 2 aromatic rings. The van der Waals surface area contributed by atoms with Crippen LogP contribution in [0.2, 0.25) is 5.02 Å². The lowest BCUT2D eigenvalue weighted by molar-refractivity contribution is -0.122. The highest BCUT2D eigenvalue weighted by Gasteiger charge is 2.17. The van der Waals surface area contributed by atoms with Gasteiger partial charge in [0.1, 0.15) is 5.75 Å². The minimum atomic E-state index is -0.732. The number of hydrogen-bond donors (Lipinski definition) is 1. The van der Waals surface area contributed by atoms with Crippen LogP contribution < -0.4 is 10.1 Å². The molecule has 0 saturated carbocycles. The van der Waals surface area contributed by atoms with E-state index in [9.17, 15) is 9.59 Å². The summed E-state index contributed by atoms with van der Waals surface area (Å²) in [4.78, 5) is 23.9. The molecule has 2 aromatic carbocycles. The molecule has 126 valence electrons. The number of nitrogens with one attached hydrogen (secondary N) is 1. The topological polar surface area (TPSA) is 64.6 Å². The van der Waals surface area contributed by atoms with Gasteiger partial charge in [0.05, 0.1) is 23.4 Å². The molecule has 2 rings (SSSR count). The number of halogens is 1. The summed E-state index contributed by atoms with van der Waals surface area (Å²) in [6.07, 6.45) is -0.732. The van der Waals surface area contributed by atoms with Gasteiger partial charge in [-0.15, -0.1) is 0 Å². The van der Waals surface area contributed by atoms with E-state index in [0.29, 0.717) is 22.0 Å². The fraction of sp³-hybridized carbons (Fsp3) is 0.222. The second-order valence-corrected chi connectivity index (χ2v) is 5.66. The van der Waals surface area contributed by atoms with Crippen molar-refractivity contribution in [1.29, 1.82) is 0 Å². The Balaban J connectivity index is 2.09. The molecule has 0 saturated heterocycles. The number of hydrogen-bond acceptors (Lipinski definition) is 4. The zero-order chi connectivity index (χ0) is 17.7. The number of anilines is 1. The average Bonchev–Trinajstić information content (AvgIpc) is 2.56. The molecule has 0 unspecified atom stereocenters. The van der Waals surface area contributed by atoms with Crippen molar-refractivity contribution in [1.82, 2.24) is 0 Å². The van der Waals surface area contributed by atoms with E-state index >= 15 is 0 Å². The second kappa shape index (κ2) is 7.84. The summed E-state index contributed by atoms with van der Waals surface area (Å²) in [5.41, 5.74) is 1.66. The molecular formula is C18H18ClNO4. The van der Waals surface area contributed by atoms with Crippen molar-refractivity contribution in [2.24, 2.45) is 0 Å². The number of ether oxygens (including phenoxy) is 2. The minimum absolute atomic E-state index is 0.296. The molecule has 0 aliphatic carbocycles. The van der Waals surface area contributed by atoms with Crippen molar-refractivity contribution in [3.05, 3.63) is 58.6 Å². The van der Waals surface area contributed by atoms with Gasteiger partial charge in [0.25, 0.3) is 5.91 Å². The number of rotatable bonds is 5. The predicted octanol–water partition coefficient (Wildman–Crippen LogP) is 3.84. The minimum Gasteiger partial charge on any atom is -0.481 e. The molecule has 0 aromatic heterocycles. The van der Waals surface area contributed by atoms with E-state index in [-0.39, 0.29) is 5.91 Å². The third kappa shape index (κ3) is 4.49. The molecule has 0 fully saturated rings.